The van der Waals surface area contributed by atoms with Crippen molar-refractivity contribution in [2.75, 3.05) is 11.9 Å². The number of oxime groups is 1. The maximum absolute atomic E-state index is 8.69. The van der Waals surface area contributed by atoms with Crippen LogP contribution in [-0.2, 0) is 0 Å². The zero-order valence-corrected chi connectivity index (χ0v) is 13.4. The van der Waals surface area contributed by atoms with Crippen LogP contribution in [0.4, 0.5) is 5.69 Å². The third-order valence-electron chi connectivity index (χ3n) is 3.03. The van der Waals surface area contributed by atoms with Gasteiger partial charge in [0.05, 0.1) is 10.7 Å². The number of rotatable bonds is 6. The Hall–Kier alpha value is -0.940. The minimum atomic E-state index is -0.306. The van der Waals surface area contributed by atoms with Gasteiger partial charge in [-0.3, -0.25) is 0 Å². The van der Waals surface area contributed by atoms with E-state index in [0.717, 1.165) is 29.5 Å². The largest absolute Gasteiger partial charge is 0.409 e. The molecule has 0 saturated heterocycles. The summed E-state index contributed by atoms with van der Waals surface area (Å²) in [6, 6.07) is 5.72. The number of benzene rings is 1. The Morgan fingerprint density at radius 3 is 2.79 bits per heavy atom. The van der Waals surface area contributed by atoms with Gasteiger partial charge in [-0.15, -0.1) is 0 Å². The number of amidine groups is 1. The van der Waals surface area contributed by atoms with Crippen molar-refractivity contribution >= 4 is 39.1 Å². The zero-order valence-electron chi connectivity index (χ0n) is 11.1. The van der Waals surface area contributed by atoms with Crippen LogP contribution in [0.2, 0.25) is 5.02 Å². The Morgan fingerprint density at radius 2 is 2.21 bits per heavy atom. The Morgan fingerprint density at radius 1 is 1.53 bits per heavy atom. The molecule has 0 aliphatic carbocycles. The summed E-state index contributed by atoms with van der Waals surface area (Å²) >= 11 is 9.47. The van der Waals surface area contributed by atoms with E-state index in [1.165, 1.54) is 0 Å². The molecule has 1 aromatic rings. The zero-order chi connectivity index (χ0) is 14.5. The summed E-state index contributed by atoms with van der Waals surface area (Å²) in [6.45, 7) is 4.69. The highest BCUT2D eigenvalue weighted by Gasteiger charge is 2.22. The molecule has 0 amide bonds. The highest BCUT2D eigenvalue weighted by molar-refractivity contribution is 9.10. The van der Waals surface area contributed by atoms with Gasteiger partial charge in [0.15, 0.2) is 0 Å². The molecule has 0 aliphatic heterocycles. The fourth-order valence-electron chi connectivity index (χ4n) is 1.65. The first-order valence-corrected chi connectivity index (χ1v) is 7.21. The molecule has 0 fully saturated rings. The number of nitrogens with one attached hydrogen (secondary N) is 1. The maximum atomic E-state index is 8.69. The molecule has 0 aliphatic rings. The van der Waals surface area contributed by atoms with Crippen molar-refractivity contribution in [1.82, 2.24) is 0 Å². The lowest BCUT2D eigenvalue weighted by molar-refractivity contribution is 0.305. The summed E-state index contributed by atoms with van der Waals surface area (Å²) in [5.74, 6) is 0.258. The molecule has 0 radical (unpaired) electrons. The summed E-state index contributed by atoms with van der Waals surface area (Å²) in [6.07, 6.45) is 1.72. The number of nitrogens with two attached hydrogens (primary N) is 1. The van der Waals surface area contributed by atoms with Gasteiger partial charge in [-0.05, 0) is 31.0 Å². The van der Waals surface area contributed by atoms with Crippen molar-refractivity contribution < 1.29 is 5.21 Å². The van der Waals surface area contributed by atoms with Gasteiger partial charge < -0.3 is 16.3 Å². The van der Waals surface area contributed by atoms with Crippen LogP contribution in [0.3, 0.4) is 0 Å². The van der Waals surface area contributed by atoms with Crippen LogP contribution in [-0.4, -0.2) is 17.6 Å². The van der Waals surface area contributed by atoms with E-state index in [1.807, 2.05) is 32.0 Å². The molecule has 0 unspecified atom stereocenters. The first-order chi connectivity index (χ1) is 8.86. The van der Waals surface area contributed by atoms with Gasteiger partial charge in [-0.25, -0.2) is 0 Å². The second-order valence-corrected chi connectivity index (χ2v) is 6.35. The topological polar surface area (TPSA) is 70.6 Å². The standard InChI is InChI=1S/C13H19BrClN3O/c1-13(2,12(16)18-19)6-3-7-17-11-5-4-9(14)8-10(11)15/h4-5,8,17,19H,3,6-7H2,1-2H3,(H2,16,18). The van der Waals surface area contributed by atoms with Crippen molar-refractivity contribution in [2.45, 2.75) is 26.7 Å². The van der Waals surface area contributed by atoms with Gasteiger partial charge in [0.25, 0.3) is 0 Å². The molecule has 19 heavy (non-hydrogen) atoms. The lowest BCUT2D eigenvalue weighted by Gasteiger charge is -2.22. The molecule has 1 rings (SSSR count). The molecule has 0 atom stereocenters. The highest BCUT2D eigenvalue weighted by atomic mass is 79.9. The van der Waals surface area contributed by atoms with Gasteiger partial charge in [0.2, 0.25) is 0 Å². The van der Waals surface area contributed by atoms with Crippen LogP contribution in [0.15, 0.2) is 27.8 Å². The van der Waals surface area contributed by atoms with Gasteiger partial charge in [0, 0.05) is 16.4 Å². The van der Waals surface area contributed by atoms with Crippen molar-refractivity contribution in [3.05, 3.63) is 27.7 Å². The fourth-order valence-corrected chi connectivity index (χ4v) is 2.39. The predicted molar refractivity (Wildman–Crippen MR) is 84.1 cm³/mol. The van der Waals surface area contributed by atoms with Crippen molar-refractivity contribution in [3.8, 4) is 0 Å². The van der Waals surface area contributed by atoms with Gasteiger partial charge in [-0.1, -0.05) is 46.5 Å². The quantitative estimate of drug-likeness (QED) is 0.239. The highest BCUT2D eigenvalue weighted by Crippen LogP contribution is 2.26. The van der Waals surface area contributed by atoms with E-state index in [0.29, 0.717) is 5.02 Å². The fraction of sp³-hybridized carbons (Fsp3) is 0.462. The van der Waals surface area contributed by atoms with E-state index >= 15 is 0 Å². The van der Waals surface area contributed by atoms with Crippen LogP contribution >= 0.6 is 27.5 Å². The number of hydrogen-bond donors (Lipinski definition) is 3. The molecule has 6 heteroatoms. The van der Waals surface area contributed by atoms with E-state index in [4.69, 9.17) is 22.5 Å². The second kappa shape index (κ2) is 7.01. The SMILES string of the molecule is CC(C)(CCCNc1ccc(Br)cc1Cl)C(N)=NO. The van der Waals surface area contributed by atoms with Gasteiger partial charge >= 0.3 is 0 Å². The second-order valence-electron chi connectivity index (χ2n) is 5.02. The molecule has 0 aromatic heterocycles. The van der Waals surface area contributed by atoms with E-state index < -0.39 is 0 Å². The van der Waals surface area contributed by atoms with Crippen molar-refractivity contribution in [1.29, 1.82) is 0 Å². The summed E-state index contributed by atoms with van der Waals surface area (Å²) in [5.41, 5.74) is 6.24. The third-order valence-corrected chi connectivity index (χ3v) is 3.83. The normalized spacial score (nSPS) is 12.5. The summed E-state index contributed by atoms with van der Waals surface area (Å²) < 4.78 is 0.955. The number of nitrogens with zero attached hydrogens (tertiary/aromatic N) is 1. The van der Waals surface area contributed by atoms with E-state index in [-0.39, 0.29) is 11.3 Å². The van der Waals surface area contributed by atoms with Crippen molar-refractivity contribution in [3.63, 3.8) is 0 Å². The van der Waals surface area contributed by atoms with E-state index in [1.54, 1.807) is 0 Å². The molecule has 1 aromatic carbocycles. The smallest absolute Gasteiger partial charge is 0.144 e. The monoisotopic (exact) mass is 347 g/mol. The Kier molecular flexibility index (Phi) is 5.94. The predicted octanol–water partition coefficient (Wildman–Crippen LogP) is 4.07. The average Bonchev–Trinajstić information content (AvgIpc) is 2.35. The molecule has 0 spiro atoms. The Bertz CT molecular complexity index is 463. The van der Waals surface area contributed by atoms with Crippen LogP contribution < -0.4 is 11.1 Å². The molecule has 4 nitrogen and oxygen atoms in total. The van der Waals surface area contributed by atoms with Crippen molar-refractivity contribution in [2.24, 2.45) is 16.3 Å². The minimum absolute atomic E-state index is 0.258. The summed E-state index contributed by atoms with van der Waals surface area (Å²) in [7, 11) is 0. The summed E-state index contributed by atoms with van der Waals surface area (Å²) in [5, 5.41) is 15.7. The molecule has 0 bridgehead atoms. The number of anilines is 1. The molecular weight excluding hydrogens is 330 g/mol. The molecule has 0 heterocycles. The third kappa shape index (κ3) is 4.91. The number of hydrogen-bond acceptors (Lipinski definition) is 3. The number of halogens is 2. The minimum Gasteiger partial charge on any atom is -0.409 e. The maximum Gasteiger partial charge on any atom is 0.144 e. The average molecular weight is 349 g/mol. The van der Waals surface area contributed by atoms with Crippen LogP contribution in [0, 0.1) is 5.41 Å². The molecule has 4 N–H and O–H groups in total. The molecule has 106 valence electrons. The van der Waals surface area contributed by atoms with E-state index in [2.05, 4.69) is 26.4 Å². The van der Waals surface area contributed by atoms with Crippen LogP contribution in [0.5, 0.6) is 0 Å². The lowest BCUT2D eigenvalue weighted by Crippen LogP contribution is -2.32. The lowest BCUT2D eigenvalue weighted by atomic mass is 9.86. The van der Waals surface area contributed by atoms with Gasteiger partial charge in [-0.2, -0.15) is 0 Å². The molecule has 0 saturated carbocycles. The first kappa shape index (κ1) is 16.1. The van der Waals surface area contributed by atoms with Crippen LogP contribution in [0.25, 0.3) is 0 Å². The first-order valence-electron chi connectivity index (χ1n) is 6.04. The Labute approximate surface area is 127 Å². The van der Waals surface area contributed by atoms with Crippen LogP contribution in [0.1, 0.15) is 26.7 Å². The molecular formula is C13H19BrClN3O. The summed E-state index contributed by atoms with van der Waals surface area (Å²) in [4.78, 5) is 0. The van der Waals surface area contributed by atoms with Gasteiger partial charge in [0.1, 0.15) is 5.84 Å². The Balaban J connectivity index is 2.43. The van der Waals surface area contributed by atoms with E-state index in [9.17, 15) is 0 Å².